The number of hydrogen-bond donors (Lipinski definition) is 4. The number of ether oxygens (including phenoxy) is 1. The smallest absolute Gasteiger partial charge is 0.407 e. The summed E-state index contributed by atoms with van der Waals surface area (Å²) in [7, 11) is 0. The number of aromatic amines is 1. The number of hydrogen-bond acceptors (Lipinski definition) is 5. The molecule has 39 heavy (non-hydrogen) atoms. The Morgan fingerprint density at radius 2 is 1.62 bits per heavy atom. The van der Waals surface area contributed by atoms with E-state index in [1.54, 1.807) is 0 Å². The molecule has 1 aromatic heterocycles. The van der Waals surface area contributed by atoms with Gasteiger partial charge in [-0.05, 0) is 29.2 Å². The highest BCUT2D eigenvalue weighted by molar-refractivity contribution is 6.11. The molecule has 1 aliphatic heterocycles. The zero-order valence-corrected chi connectivity index (χ0v) is 21.1. The number of rotatable bonds is 9. The second-order valence-corrected chi connectivity index (χ2v) is 9.32. The molecular weight excluding hydrogens is 496 g/mol. The minimum Gasteiger partial charge on any atom is -0.480 e. The molecule has 0 fully saturated rings. The Bertz CT molecular complexity index is 1510. The predicted octanol–water partition coefficient (Wildman–Crippen LogP) is 3.62. The lowest BCUT2D eigenvalue weighted by Crippen LogP contribution is -2.48. The van der Waals surface area contributed by atoms with E-state index in [0.29, 0.717) is 17.8 Å². The third kappa shape index (κ3) is 6.15. The lowest BCUT2D eigenvalue weighted by Gasteiger charge is -2.26. The number of amides is 2. The molecular formula is C30H28N4O5. The van der Waals surface area contributed by atoms with E-state index in [1.807, 2.05) is 84.9 Å². The van der Waals surface area contributed by atoms with Crippen LogP contribution in [0.25, 0.3) is 10.9 Å². The Morgan fingerprint density at radius 1 is 0.949 bits per heavy atom. The van der Waals surface area contributed by atoms with Crippen LogP contribution in [-0.4, -0.2) is 52.4 Å². The number of carboxylic acids is 1. The van der Waals surface area contributed by atoms with Gasteiger partial charge in [0.25, 0.3) is 0 Å². The van der Waals surface area contributed by atoms with Gasteiger partial charge in [0, 0.05) is 17.3 Å². The maximum absolute atomic E-state index is 13.0. The van der Waals surface area contributed by atoms with Gasteiger partial charge in [0.2, 0.25) is 5.91 Å². The molecule has 0 spiro atoms. The zero-order valence-electron chi connectivity index (χ0n) is 21.1. The molecule has 2 heterocycles. The Kier molecular flexibility index (Phi) is 7.68. The fraction of sp³-hybridized carbons (Fsp3) is 0.200. The highest BCUT2D eigenvalue weighted by Gasteiger charge is 2.33. The number of carboxylic acid groups (broad SMARTS) is 1. The molecule has 0 saturated heterocycles. The number of H-pyrrole nitrogens is 1. The molecule has 2 unspecified atom stereocenters. The third-order valence-electron chi connectivity index (χ3n) is 6.60. The molecule has 2 amide bonds. The van der Waals surface area contributed by atoms with Gasteiger partial charge in [-0.2, -0.15) is 0 Å². The number of alkyl carbamates (subject to hydrolysis) is 1. The van der Waals surface area contributed by atoms with Crippen molar-refractivity contribution in [3.8, 4) is 0 Å². The predicted molar refractivity (Wildman–Crippen MR) is 147 cm³/mol. The van der Waals surface area contributed by atoms with E-state index in [2.05, 4.69) is 20.6 Å². The lowest BCUT2D eigenvalue weighted by atomic mass is 9.91. The summed E-state index contributed by atoms with van der Waals surface area (Å²) in [6, 6.07) is 24.9. The maximum Gasteiger partial charge on any atom is 0.407 e. The van der Waals surface area contributed by atoms with E-state index in [4.69, 9.17) is 4.74 Å². The van der Waals surface area contributed by atoms with Crippen molar-refractivity contribution in [2.24, 2.45) is 4.99 Å². The van der Waals surface area contributed by atoms with Gasteiger partial charge in [0.15, 0.2) is 6.04 Å². The Morgan fingerprint density at radius 3 is 2.33 bits per heavy atom. The summed E-state index contributed by atoms with van der Waals surface area (Å²) >= 11 is 0. The normalized spacial score (nSPS) is 15.1. The Balaban J connectivity index is 1.36. The molecule has 9 heteroatoms. The number of nitrogens with one attached hydrogen (secondary N) is 3. The number of benzene rings is 3. The van der Waals surface area contributed by atoms with Crippen LogP contribution < -0.4 is 10.6 Å². The molecule has 9 nitrogen and oxygen atoms in total. The Labute approximate surface area is 224 Å². The summed E-state index contributed by atoms with van der Waals surface area (Å²) in [6.45, 7) is -0.227. The standard InChI is InChI=1S/C30H28N4O5/c35-26(17-31-30(38)39-18-20-11-5-2-6-12-20)32-24(15-19-9-3-1-4-10-19)28-27-22(16-25(34-28)29(36)37)21-13-7-8-14-23(21)33-27/h1-14,24-25,33H,15-18H2,(H,31,38)(H,32,35)(H,36,37). The lowest BCUT2D eigenvalue weighted by molar-refractivity contribution is -0.138. The van der Waals surface area contributed by atoms with Gasteiger partial charge in [-0.1, -0.05) is 78.9 Å². The minimum absolute atomic E-state index is 0.0848. The van der Waals surface area contributed by atoms with E-state index in [1.165, 1.54) is 0 Å². The molecule has 0 aliphatic carbocycles. The van der Waals surface area contributed by atoms with Gasteiger partial charge < -0.3 is 25.5 Å². The first kappa shape index (κ1) is 25.7. The van der Waals surface area contributed by atoms with Gasteiger partial charge in [-0.25, -0.2) is 9.59 Å². The van der Waals surface area contributed by atoms with Crippen LogP contribution in [0.5, 0.6) is 0 Å². The van der Waals surface area contributed by atoms with Crippen molar-refractivity contribution in [3.05, 3.63) is 107 Å². The van der Waals surface area contributed by atoms with Crippen molar-refractivity contribution in [1.82, 2.24) is 15.6 Å². The van der Waals surface area contributed by atoms with Crippen LogP contribution in [0.2, 0.25) is 0 Å². The summed E-state index contributed by atoms with van der Waals surface area (Å²) in [4.78, 5) is 45.2. The summed E-state index contributed by atoms with van der Waals surface area (Å²) in [5.74, 6) is -1.48. The number of para-hydroxylation sites is 1. The first-order valence-corrected chi connectivity index (χ1v) is 12.7. The topological polar surface area (TPSA) is 133 Å². The number of aliphatic carboxylic acids is 1. The number of fused-ring (bicyclic) bond motifs is 3. The number of aromatic nitrogens is 1. The average molecular weight is 525 g/mol. The first-order valence-electron chi connectivity index (χ1n) is 12.7. The molecule has 0 bridgehead atoms. The van der Waals surface area contributed by atoms with Crippen LogP contribution in [0, 0.1) is 0 Å². The van der Waals surface area contributed by atoms with Gasteiger partial charge in [0.1, 0.15) is 13.2 Å². The van der Waals surface area contributed by atoms with Crippen LogP contribution in [0.1, 0.15) is 22.4 Å². The largest absolute Gasteiger partial charge is 0.480 e. The van der Waals surface area contributed by atoms with E-state index < -0.39 is 30.1 Å². The van der Waals surface area contributed by atoms with Crippen molar-refractivity contribution in [3.63, 3.8) is 0 Å². The molecule has 198 valence electrons. The van der Waals surface area contributed by atoms with Gasteiger partial charge >= 0.3 is 12.1 Å². The number of aliphatic imine (C=N–C) groups is 1. The maximum atomic E-state index is 13.0. The van der Waals surface area contributed by atoms with E-state index in [-0.39, 0.29) is 19.6 Å². The van der Waals surface area contributed by atoms with Crippen molar-refractivity contribution in [1.29, 1.82) is 0 Å². The van der Waals surface area contributed by atoms with Gasteiger partial charge in [-0.15, -0.1) is 0 Å². The first-order chi connectivity index (χ1) is 19.0. The molecule has 0 radical (unpaired) electrons. The second-order valence-electron chi connectivity index (χ2n) is 9.32. The van der Waals surface area contributed by atoms with Crippen LogP contribution in [0.4, 0.5) is 4.79 Å². The highest BCUT2D eigenvalue weighted by Crippen LogP contribution is 2.30. The van der Waals surface area contributed by atoms with Crippen LogP contribution in [0.3, 0.4) is 0 Å². The SMILES string of the molecule is O=C(CNC(=O)OCc1ccccc1)NC(Cc1ccccc1)C1=NC(C(=O)O)Cc2c1[nH]c1ccccc21. The van der Waals surface area contributed by atoms with Gasteiger partial charge in [-0.3, -0.25) is 9.79 Å². The van der Waals surface area contributed by atoms with Crippen molar-refractivity contribution >= 4 is 34.6 Å². The second kappa shape index (κ2) is 11.6. The van der Waals surface area contributed by atoms with Crippen LogP contribution in [0.15, 0.2) is 89.9 Å². The molecule has 4 aromatic rings. The number of carbonyl (C=O) groups is 3. The quantitative estimate of drug-likeness (QED) is 0.265. The summed E-state index contributed by atoms with van der Waals surface area (Å²) in [5, 5.41) is 16.2. The summed E-state index contributed by atoms with van der Waals surface area (Å²) in [5.41, 5.74) is 4.67. The number of carbonyl (C=O) groups excluding carboxylic acids is 2. The average Bonchev–Trinajstić information content (AvgIpc) is 3.34. The van der Waals surface area contributed by atoms with Crippen molar-refractivity contribution < 1.29 is 24.2 Å². The minimum atomic E-state index is -1.03. The fourth-order valence-corrected chi connectivity index (χ4v) is 4.75. The monoisotopic (exact) mass is 524 g/mol. The molecule has 4 N–H and O–H groups in total. The fourth-order valence-electron chi connectivity index (χ4n) is 4.75. The van der Waals surface area contributed by atoms with E-state index in [0.717, 1.165) is 27.6 Å². The molecule has 0 saturated carbocycles. The summed E-state index contributed by atoms with van der Waals surface area (Å²) < 4.78 is 5.19. The van der Waals surface area contributed by atoms with Crippen LogP contribution in [-0.2, 0) is 33.8 Å². The molecule has 2 atom stereocenters. The molecule has 3 aromatic carbocycles. The highest BCUT2D eigenvalue weighted by atomic mass is 16.5. The number of nitrogens with zero attached hydrogens (tertiary/aromatic N) is 1. The molecule has 1 aliphatic rings. The van der Waals surface area contributed by atoms with E-state index in [9.17, 15) is 19.5 Å². The van der Waals surface area contributed by atoms with Crippen molar-refractivity contribution in [2.75, 3.05) is 6.54 Å². The van der Waals surface area contributed by atoms with Crippen LogP contribution >= 0.6 is 0 Å². The van der Waals surface area contributed by atoms with E-state index >= 15 is 0 Å². The zero-order chi connectivity index (χ0) is 27.2. The Hall–Kier alpha value is -4.92. The third-order valence-corrected chi connectivity index (χ3v) is 6.60. The van der Waals surface area contributed by atoms with Gasteiger partial charge in [0.05, 0.1) is 17.4 Å². The summed E-state index contributed by atoms with van der Waals surface area (Å²) in [6.07, 6.45) is -0.0863. The molecule has 5 rings (SSSR count). The van der Waals surface area contributed by atoms with Crippen molar-refractivity contribution in [2.45, 2.75) is 31.5 Å².